The Morgan fingerprint density at radius 3 is 2.80 bits per heavy atom. The van der Waals surface area contributed by atoms with E-state index >= 15 is 0 Å². The van der Waals surface area contributed by atoms with Gasteiger partial charge in [-0.1, -0.05) is 0 Å². The van der Waals surface area contributed by atoms with Crippen molar-refractivity contribution in [3.8, 4) is 0 Å². The number of hydrogen-bond donors (Lipinski definition) is 1. The van der Waals surface area contributed by atoms with Gasteiger partial charge < -0.3 is 10.1 Å². The fourth-order valence-corrected chi connectivity index (χ4v) is 2.27. The Hall–Kier alpha value is -0.870. The first-order valence-corrected chi connectivity index (χ1v) is 5.47. The van der Waals surface area contributed by atoms with E-state index in [9.17, 15) is 0 Å². The second-order valence-electron chi connectivity index (χ2n) is 4.34. The SMILES string of the molecule is COC1(Cc2cnn(C)c2)CCNCC1. The lowest BCUT2D eigenvalue weighted by molar-refractivity contribution is -0.0333. The van der Waals surface area contributed by atoms with Crippen LogP contribution in [0.25, 0.3) is 0 Å². The third-order valence-electron chi connectivity index (χ3n) is 3.23. The molecule has 0 unspecified atom stereocenters. The minimum absolute atomic E-state index is 0.0221. The predicted octanol–water partition coefficient (Wildman–Crippen LogP) is 0.731. The Morgan fingerprint density at radius 2 is 2.27 bits per heavy atom. The van der Waals surface area contributed by atoms with E-state index < -0.39 is 0 Å². The number of aryl methyl sites for hydroxylation is 1. The summed E-state index contributed by atoms with van der Waals surface area (Å²) < 4.78 is 7.56. The summed E-state index contributed by atoms with van der Waals surface area (Å²) in [5.41, 5.74) is 1.29. The maximum Gasteiger partial charge on any atom is 0.0744 e. The van der Waals surface area contributed by atoms with Crippen LogP contribution >= 0.6 is 0 Å². The molecule has 2 heterocycles. The van der Waals surface area contributed by atoms with Gasteiger partial charge in [0, 0.05) is 26.8 Å². The maximum atomic E-state index is 5.71. The topological polar surface area (TPSA) is 39.1 Å². The van der Waals surface area contributed by atoms with Crippen LogP contribution < -0.4 is 5.32 Å². The molecule has 4 heteroatoms. The van der Waals surface area contributed by atoms with Crippen molar-refractivity contribution in [3.05, 3.63) is 18.0 Å². The summed E-state index contributed by atoms with van der Waals surface area (Å²) in [7, 11) is 3.77. The quantitative estimate of drug-likeness (QED) is 0.797. The van der Waals surface area contributed by atoms with Gasteiger partial charge in [0.15, 0.2) is 0 Å². The molecule has 0 saturated carbocycles. The van der Waals surface area contributed by atoms with Crippen LogP contribution in [0.2, 0.25) is 0 Å². The van der Waals surface area contributed by atoms with Gasteiger partial charge in [-0.25, -0.2) is 0 Å². The van der Waals surface area contributed by atoms with Crippen molar-refractivity contribution in [1.82, 2.24) is 15.1 Å². The van der Waals surface area contributed by atoms with E-state index in [4.69, 9.17) is 4.74 Å². The van der Waals surface area contributed by atoms with E-state index in [-0.39, 0.29) is 5.60 Å². The average Bonchev–Trinajstić information content (AvgIpc) is 2.65. The molecule has 1 aromatic heterocycles. The molecule has 15 heavy (non-hydrogen) atoms. The smallest absolute Gasteiger partial charge is 0.0744 e. The molecule has 1 aliphatic heterocycles. The van der Waals surface area contributed by atoms with Crippen molar-refractivity contribution in [2.45, 2.75) is 24.9 Å². The van der Waals surface area contributed by atoms with Crippen molar-refractivity contribution in [2.24, 2.45) is 7.05 Å². The highest BCUT2D eigenvalue weighted by molar-refractivity contribution is 5.09. The second-order valence-corrected chi connectivity index (χ2v) is 4.34. The Morgan fingerprint density at radius 1 is 1.53 bits per heavy atom. The van der Waals surface area contributed by atoms with Gasteiger partial charge in [-0.3, -0.25) is 4.68 Å². The van der Waals surface area contributed by atoms with Crippen molar-refractivity contribution in [1.29, 1.82) is 0 Å². The highest BCUT2D eigenvalue weighted by Gasteiger charge is 2.32. The number of ether oxygens (including phenoxy) is 1. The number of piperidine rings is 1. The van der Waals surface area contributed by atoms with Gasteiger partial charge in [-0.05, 0) is 31.5 Å². The van der Waals surface area contributed by atoms with E-state index in [0.717, 1.165) is 32.4 Å². The van der Waals surface area contributed by atoms with Crippen LogP contribution in [0.1, 0.15) is 18.4 Å². The molecule has 1 saturated heterocycles. The first-order chi connectivity index (χ1) is 7.24. The van der Waals surface area contributed by atoms with Gasteiger partial charge in [0.2, 0.25) is 0 Å². The fraction of sp³-hybridized carbons (Fsp3) is 0.727. The minimum Gasteiger partial charge on any atom is -0.378 e. The van der Waals surface area contributed by atoms with Gasteiger partial charge in [0.05, 0.1) is 11.8 Å². The molecule has 0 bridgehead atoms. The van der Waals surface area contributed by atoms with E-state index in [2.05, 4.69) is 16.6 Å². The molecule has 4 nitrogen and oxygen atoms in total. The Balaban J connectivity index is 2.06. The molecule has 0 atom stereocenters. The third kappa shape index (κ3) is 2.38. The minimum atomic E-state index is 0.0221. The first-order valence-electron chi connectivity index (χ1n) is 5.47. The fourth-order valence-electron chi connectivity index (χ4n) is 2.27. The second kappa shape index (κ2) is 4.33. The van der Waals surface area contributed by atoms with Crippen LogP contribution in [0.4, 0.5) is 0 Å². The summed E-state index contributed by atoms with van der Waals surface area (Å²) in [5, 5.41) is 7.56. The molecule has 0 radical (unpaired) electrons. The van der Waals surface area contributed by atoms with E-state index in [1.807, 2.05) is 25.0 Å². The summed E-state index contributed by atoms with van der Waals surface area (Å²) in [6, 6.07) is 0. The Labute approximate surface area is 90.6 Å². The highest BCUT2D eigenvalue weighted by atomic mass is 16.5. The lowest BCUT2D eigenvalue weighted by Gasteiger charge is -2.36. The van der Waals surface area contributed by atoms with Crippen molar-refractivity contribution >= 4 is 0 Å². The van der Waals surface area contributed by atoms with Crippen molar-refractivity contribution in [3.63, 3.8) is 0 Å². The summed E-state index contributed by atoms with van der Waals surface area (Å²) in [6.45, 7) is 2.10. The van der Waals surface area contributed by atoms with Gasteiger partial charge >= 0.3 is 0 Å². The molecule has 1 fully saturated rings. The van der Waals surface area contributed by atoms with Crippen LogP contribution in [-0.4, -0.2) is 35.6 Å². The molecular formula is C11H19N3O. The third-order valence-corrected chi connectivity index (χ3v) is 3.23. The molecule has 0 aliphatic carbocycles. The normalized spacial score (nSPS) is 20.4. The molecule has 0 spiro atoms. The van der Waals surface area contributed by atoms with Gasteiger partial charge in [0.25, 0.3) is 0 Å². The number of nitrogens with one attached hydrogen (secondary N) is 1. The standard InChI is InChI=1S/C11H19N3O/c1-14-9-10(8-13-14)7-11(15-2)3-5-12-6-4-11/h8-9,12H,3-7H2,1-2H3. The summed E-state index contributed by atoms with van der Waals surface area (Å²) in [4.78, 5) is 0. The number of hydrogen-bond acceptors (Lipinski definition) is 3. The number of rotatable bonds is 3. The van der Waals surface area contributed by atoms with E-state index in [1.165, 1.54) is 5.56 Å². The maximum absolute atomic E-state index is 5.71. The monoisotopic (exact) mass is 209 g/mol. The molecule has 0 aromatic carbocycles. The summed E-state index contributed by atoms with van der Waals surface area (Å²) in [6.07, 6.45) is 7.14. The van der Waals surface area contributed by atoms with E-state index in [0.29, 0.717) is 0 Å². The molecule has 1 aliphatic rings. The summed E-state index contributed by atoms with van der Waals surface area (Å²) in [5.74, 6) is 0. The van der Waals surface area contributed by atoms with Crippen molar-refractivity contribution < 1.29 is 4.74 Å². The van der Waals surface area contributed by atoms with Crippen LogP contribution in [0.3, 0.4) is 0 Å². The van der Waals surface area contributed by atoms with Crippen LogP contribution in [0.15, 0.2) is 12.4 Å². The molecule has 2 rings (SSSR count). The molecule has 1 aromatic rings. The Kier molecular flexibility index (Phi) is 3.07. The zero-order valence-electron chi connectivity index (χ0n) is 9.49. The van der Waals surface area contributed by atoms with Crippen LogP contribution in [0, 0.1) is 0 Å². The van der Waals surface area contributed by atoms with Gasteiger partial charge in [-0.2, -0.15) is 5.10 Å². The molecule has 84 valence electrons. The zero-order valence-corrected chi connectivity index (χ0v) is 9.49. The van der Waals surface area contributed by atoms with Crippen LogP contribution in [-0.2, 0) is 18.2 Å². The van der Waals surface area contributed by atoms with Gasteiger partial charge in [-0.15, -0.1) is 0 Å². The molecule has 1 N–H and O–H groups in total. The van der Waals surface area contributed by atoms with Crippen molar-refractivity contribution in [2.75, 3.05) is 20.2 Å². The van der Waals surface area contributed by atoms with Gasteiger partial charge in [0.1, 0.15) is 0 Å². The molecular weight excluding hydrogens is 190 g/mol. The summed E-state index contributed by atoms with van der Waals surface area (Å²) >= 11 is 0. The molecule has 0 amide bonds. The lowest BCUT2D eigenvalue weighted by Crippen LogP contribution is -2.44. The predicted molar refractivity (Wildman–Crippen MR) is 58.8 cm³/mol. The highest BCUT2D eigenvalue weighted by Crippen LogP contribution is 2.26. The number of methoxy groups -OCH3 is 1. The first kappa shape index (κ1) is 10.6. The number of aromatic nitrogens is 2. The average molecular weight is 209 g/mol. The largest absolute Gasteiger partial charge is 0.378 e. The zero-order chi connectivity index (χ0) is 10.7. The lowest BCUT2D eigenvalue weighted by atomic mass is 9.86. The Bertz CT molecular complexity index is 315. The number of nitrogens with zero attached hydrogens (tertiary/aromatic N) is 2. The van der Waals surface area contributed by atoms with E-state index in [1.54, 1.807) is 0 Å². The van der Waals surface area contributed by atoms with Crippen LogP contribution in [0.5, 0.6) is 0 Å².